The summed E-state index contributed by atoms with van der Waals surface area (Å²) in [4.78, 5) is 26.0. The standard InChI is InChI=1S/C10H8N4O3S/c15-9(16)3-6-1-2-7(4-11-6)13-10(17)8-5-12-18-14-8/h1-2,4-5H,3H2,(H,13,17)(H,15,16). The van der Waals surface area contributed by atoms with Crippen LogP contribution >= 0.6 is 11.7 Å². The van der Waals surface area contributed by atoms with Crippen molar-refractivity contribution in [1.29, 1.82) is 0 Å². The lowest BCUT2D eigenvalue weighted by molar-refractivity contribution is -0.136. The highest BCUT2D eigenvalue weighted by Crippen LogP contribution is 2.08. The second-order valence-electron chi connectivity index (χ2n) is 3.36. The third-order valence-electron chi connectivity index (χ3n) is 2.01. The van der Waals surface area contributed by atoms with Gasteiger partial charge in [0.1, 0.15) is 0 Å². The Labute approximate surface area is 106 Å². The van der Waals surface area contributed by atoms with Gasteiger partial charge < -0.3 is 10.4 Å². The van der Waals surface area contributed by atoms with E-state index in [1.165, 1.54) is 12.4 Å². The van der Waals surface area contributed by atoms with Crippen LogP contribution in [0.4, 0.5) is 5.69 Å². The molecule has 0 saturated heterocycles. The van der Waals surface area contributed by atoms with E-state index in [0.29, 0.717) is 11.4 Å². The molecule has 0 aromatic carbocycles. The maximum absolute atomic E-state index is 11.6. The average Bonchev–Trinajstić information content (AvgIpc) is 2.84. The summed E-state index contributed by atoms with van der Waals surface area (Å²) in [5.41, 5.74) is 1.13. The Balaban J connectivity index is 2.02. The largest absolute Gasteiger partial charge is 0.481 e. The van der Waals surface area contributed by atoms with Gasteiger partial charge in [0.25, 0.3) is 5.91 Å². The van der Waals surface area contributed by atoms with E-state index in [2.05, 4.69) is 19.0 Å². The van der Waals surface area contributed by atoms with Crippen LogP contribution in [-0.2, 0) is 11.2 Å². The molecule has 8 heteroatoms. The monoisotopic (exact) mass is 264 g/mol. The van der Waals surface area contributed by atoms with Crippen LogP contribution in [0.15, 0.2) is 24.5 Å². The van der Waals surface area contributed by atoms with Crippen LogP contribution in [0.1, 0.15) is 16.2 Å². The Kier molecular flexibility index (Phi) is 3.58. The molecule has 2 aromatic heterocycles. The number of carboxylic acids is 1. The minimum atomic E-state index is -0.951. The predicted molar refractivity (Wildman–Crippen MR) is 63.4 cm³/mol. The van der Waals surface area contributed by atoms with E-state index in [0.717, 1.165) is 11.7 Å². The summed E-state index contributed by atoms with van der Waals surface area (Å²) in [6, 6.07) is 3.13. The number of anilines is 1. The van der Waals surface area contributed by atoms with Crippen LogP contribution in [0, 0.1) is 0 Å². The minimum Gasteiger partial charge on any atom is -0.481 e. The Morgan fingerprint density at radius 3 is 2.72 bits per heavy atom. The molecule has 0 saturated carbocycles. The van der Waals surface area contributed by atoms with Gasteiger partial charge >= 0.3 is 5.97 Å². The van der Waals surface area contributed by atoms with Crippen molar-refractivity contribution in [2.45, 2.75) is 6.42 Å². The Morgan fingerprint density at radius 2 is 2.17 bits per heavy atom. The first-order valence-electron chi connectivity index (χ1n) is 4.91. The summed E-state index contributed by atoms with van der Waals surface area (Å²) < 4.78 is 7.51. The number of carboxylic acid groups (broad SMARTS) is 1. The molecule has 0 aliphatic carbocycles. The molecule has 0 unspecified atom stereocenters. The fourth-order valence-electron chi connectivity index (χ4n) is 1.22. The van der Waals surface area contributed by atoms with Gasteiger partial charge in [-0.1, -0.05) is 0 Å². The van der Waals surface area contributed by atoms with E-state index >= 15 is 0 Å². The highest BCUT2D eigenvalue weighted by atomic mass is 32.1. The molecule has 18 heavy (non-hydrogen) atoms. The highest BCUT2D eigenvalue weighted by molar-refractivity contribution is 6.99. The highest BCUT2D eigenvalue weighted by Gasteiger charge is 2.09. The molecular formula is C10H8N4O3S. The zero-order valence-corrected chi connectivity index (χ0v) is 9.85. The average molecular weight is 264 g/mol. The molecule has 92 valence electrons. The fraction of sp³-hybridized carbons (Fsp3) is 0.100. The maximum atomic E-state index is 11.6. The predicted octanol–water partition coefficient (Wildman–Crippen LogP) is 0.812. The molecule has 2 N–H and O–H groups in total. The number of carbonyl (C=O) groups excluding carboxylic acids is 1. The summed E-state index contributed by atoms with van der Waals surface area (Å²) in [6.07, 6.45) is 2.62. The molecule has 2 heterocycles. The topological polar surface area (TPSA) is 105 Å². The zero-order chi connectivity index (χ0) is 13.0. The van der Waals surface area contributed by atoms with Crippen LogP contribution in [-0.4, -0.2) is 30.7 Å². The van der Waals surface area contributed by atoms with Gasteiger partial charge in [0.2, 0.25) is 0 Å². The first-order valence-corrected chi connectivity index (χ1v) is 5.64. The molecule has 2 aromatic rings. The lowest BCUT2D eigenvalue weighted by atomic mass is 10.2. The summed E-state index contributed by atoms with van der Waals surface area (Å²) in [6.45, 7) is 0. The molecule has 0 fully saturated rings. The minimum absolute atomic E-state index is 0.149. The SMILES string of the molecule is O=C(O)Cc1ccc(NC(=O)c2cnsn2)cn1. The zero-order valence-electron chi connectivity index (χ0n) is 9.03. The number of hydrogen-bond acceptors (Lipinski definition) is 6. The number of aliphatic carboxylic acids is 1. The Bertz CT molecular complexity index is 553. The maximum Gasteiger partial charge on any atom is 0.309 e. The quantitative estimate of drug-likeness (QED) is 0.846. The van der Waals surface area contributed by atoms with Gasteiger partial charge in [0.15, 0.2) is 5.69 Å². The van der Waals surface area contributed by atoms with Gasteiger partial charge in [-0.3, -0.25) is 14.6 Å². The van der Waals surface area contributed by atoms with Crippen molar-refractivity contribution < 1.29 is 14.7 Å². The van der Waals surface area contributed by atoms with Crippen molar-refractivity contribution in [1.82, 2.24) is 13.7 Å². The third-order valence-corrected chi connectivity index (χ3v) is 2.49. The number of rotatable bonds is 4. The van der Waals surface area contributed by atoms with Gasteiger partial charge in [0, 0.05) is 0 Å². The Hall–Kier alpha value is -2.35. The second kappa shape index (κ2) is 5.32. The first-order chi connectivity index (χ1) is 8.65. The number of carbonyl (C=O) groups is 2. The van der Waals surface area contributed by atoms with Gasteiger partial charge in [-0.15, -0.1) is 0 Å². The van der Waals surface area contributed by atoms with Crippen LogP contribution in [0.2, 0.25) is 0 Å². The normalized spacial score (nSPS) is 10.0. The molecular weight excluding hydrogens is 256 g/mol. The summed E-state index contributed by atoms with van der Waals surface area (Å²) in [5.74, 6) is -1.33. The van der Waals surface area contributed by atoms with Crippen molar-refractivity contribution in [2.24, 2.45) is 0 Å². The van der Waals surface area contributed by atoms with E-state index < -0.39 is 5.97 Å². The molecule has 0 aliphatic heterocycles. The fourth-order valence-corrected chi connectivity index (χ4v) is 1.63. The number of aromatic nitrogens is 3. The summed E-state index contributed by atoms with van der Waals surface area (Å²) >= 11 is 0.946. The molecule has 1 amide bonds. The van der Waals surface area contributed by atoms with Gasteiger partial charge in [0.05, 0.1) is 41.9 Å². The molecule has 0 spiro atoms. The van der Waals surface area contributed by atoms with E-state index in [1.54, 1.807) is 12.1 Å². The molecule has 0 atom stereocenters. The van der Waals surface area contributed by atoms with Gasteiger partial charge in [-0.2, -0.15) is 8.75 Å². The van der Waals surface area contributed by atoms with Crippen LogP contribution in [0.25, 0.3) is 0 Å². The molecule has 2 rings (SSSR count). The van der Waals surface area contributed by atoms with E-state index in [4.69, 9.17) is 5.11 Å². The molecule has 0 radical (unpaired) electrons. The van der Waals surface area contributed by atoms with Crippen LogP contribution in [0.5, 0.6) is 0 Å². The molecule has 0 bridgehead atoms. The van der Waals surface area contributed by atoms with Crippen LogP contribution in [0.3, 0.4) is 0 Å². The number of nitrogens with one attached hydrogen (secondary N) is 1. The summed E-state index contributed by atoms with van der Waals surface area (Å²) in [5, 5.41) is 11.2. The lowest BCUT2D eigenvalue weighted by Gasteiger charge is -2.03. The smallest absolute Gasteiger partial charge is 0.309 e. The number of amides is 1. The van der Waals surface area contributed by atoms with Crippen molar-refractivity contribution in [2.75, 3.05) is 5.32 Å². The number of nitrogens with zero attached hydrogens (tertiary/aromatic N) is 3. The van der Waals surface area contributed by atoms with Crippen molar-refractivity contribution in [3.8, 4) is 0 Å². The second-order valence-corrected chi connectivity index (χ2v) is 3.91. The van der Waals surface area contributed by atoms with Crippen LogP contribution < -0.4 is 5.32 Å². The van der Waals surface area contributed by atoms with Crippen molar-refractivity contribution in [3.05, 3.63) is 35.9 Å². The van der Waals surface area contributed by atoms with E-state index in [-0.39, 0.29) is 18.0 Å². The molecule has 0 aliphatic rings. The number of pyridine rings is 1. The summed E-state index contributed by atoms with van der Waals surface area (Å²) in [7, 11) is 0. The first kappa shape index (κ1) is 12.1. The van der Waals surface area contributed by atoms with Crippen molar-refractivity contribution >= 4 is 29.3 Å². The number of hydrogen-bond donors (Lipinski definition) is 2. The van der Waals surface area contributed by atoms with Gasteiger partial charge in [-0.25, -0.2) is 0 Å². The van der Waals surface area contributed by atoms with Gasteiger partial charge in [-0.05, 0) is 12.1 Å². The molecule has 7 nitrogen and oxygen atoms in total. The van der Waals surface area contributed by atoms with E-state index in [1.807, 2.05) is 0 Å². The van der Waals surface area contributed by atoms with Crippen molar-refractivity contribution in [3.63, 3.8) is 0 Å². The third kappa shape index (κ3) is 3.08. The van der Waals surface area contributed by atoms with E-state index in [9.17, 15) is 9.59 Å². The lowest BCUT2D eigenvalue weighted by Crippen LogP contribution is -2.12. The Morgan fingerprint density at radius 1 is 1.33 bits per heavy atom.